The van der Waals surface area contributed by atoms with Crippen LogP contribution in [0.4, 0.5) is 0 Å². The number of hydrogen-bond acceptors (Lipinski definition) is 2. The lowest BCUT2D eigenvalue weighted by Crippen LogP contribution is -2.72. The van der Waals surface area contributed by atoms with Gasteiger partial charge in [-0.3, -0.25) is 4.48 Å². The number of unbranched alkanes of at least 4 members (excludes halogenated alkanes) is 13. The third kappa shape index (κ3) is 13.9. The van der Waals surface area contributed by atoms with Crippen molar-refractivity contribution < 1.29 is 19.9 Å². The molecule has 0 saturated carbocycles. The van der Waals surface area contributed by atoms with E-state index in [4.69, 9.17) is 0 Å². The van der Waals surface area contributed by atoms with E-state index in [-0.39, 0.29) is 21.9 Å². The highest BCUT2D eigenvalue weighted by molar-refractivity contribution is 5.36. The van der Waals surface area contributed by atoms with E-state index in [0.717, 1.165) is 0 Å². The van der Waals surface area contributed by atoms with Crippen LogP contribution in [0.25, 0.3) is 0 Å². The van der Waals surface area contributed by atoms with E-state index in [1.54, 1.807) is 11.3 Å². The zero-order valence-corrected chi connectivity index (χ0v) is 34.0. The summed E-state index contributed by atoms with van der Waals surface area (Å²) >= 11 is 0. The molecule has 0 radical (unpaired) electrons. The fourth-order valence-corrected chi connectivity index (χ4v) is 9.62. The Balaban J connectivity index is 0. The van der Waals surface area contributed by atoms with Crippen molar-refractivity contribution >= 4 is 0 Å². The van der Waals surface area contributed by atoms with Crippen LogP contribution in [-0.4, -0.2) is 64.7 Å². The van der Waals surface area contributed by atoms with Crippen LogP contribution in [0.1, 0.15) is 204 Å². The van der Waals surface area contributed by atoms with Gasteiger partial charge in [-0.2, -0.15) is 0 Å². The lowest BCUT2D eigenvalue weighted by Gasteiger charge is -2.61. The molecule has 2 N–H and O–H groups in total. The van der Waals surface area contributed by atoms with Crippen LogP contribution in [-0.2, 0) is 0 Å². The standard InChI is InChI=1S/C43H86N2.2H2O/c1-11-18-19-20-21-22-23-24-25-26-27-28-29-30-31-40-38-41(44(32-12-2,33-13-3)34-14-4)42(8,9)43(10,39-40)45(35-15-5,36-16-6)37-17-7;;/h38-39H,11-37H2,1-10H3;2*1H2/q+2;;/p-2. The van der Waals surface area contributed by atoms with Gasteiger partial charge in [0.05, 0.1) is 44.7 Å². The molecule has 47 heavy (non-hydrogen) atoms. The van der Waals surface area contributed by atoms with Crippen LogP contribution in [0.3, 0.4) is 0 Å². The second-order valence-electron chi connectivity index (χ2n) is 16.0. The minimum Gasteiger partial charge on any atom is -0.870 e. The van der Waals surface area contributed by atoms with Gasteiger partial charge in [0.15, 0.2) is 0 Å². The van der Waals surface area contributed by atoms with E-state index >= 15 is 0 Å². The molecule has 1 aliphatic carbocycles. The first-order valence-corrected chi connectivity index (χ1v) is 20.8. The maximum atomic E-state index is 2.85. The van der Waals surface area contributed by atoms with E-state index < -0.39 is 0 Å². The van der Waals surface area contributed by atoms with Crippen LogP contribution >= 0.6 is 0 Å². The summed E-state index contributed by atoms with van der Waals surface area (Å²) in [5.74, 6) is 0. The first-order chi connectivity index (χ1) is 21.6. The van der Waals surface area contributed by atoms with E-state index in [9.17, 15) is 0 Å². The Morgan fingerprint density at radius 1 is 0.447 bits per heavy atom. The average Bonchev–Trinajstić information content (AvgIpc) is 2.99. The van der Waals surface area contributed by atoms with Crippen molar-refractivity contribution in [2.75, 3.05) is 39.3 Å². The lowest BCUT2D eigenvalue weighted by atomic mass is 9.63. The van der Waals surface area contributed by atoms with Crippen LogP contribution < -0.4 is 0 Å². The van der Waals surface area contributed by atoms with E-state index in [0.29, 0.717) is 0 Å². The van der Waals surface area contributed by atoms with Gasteiger partial charge in [0, 0.05) is 0 Å². The smallest absolute Gasteiger partial charge is 0.130 e. The molecule has 0 spiro atoms. The van der Waals surface area contributed by atoms with Crippen molar-refractivity contribution in [3.63, 3.8) is 0 Å². The molecule has 1 aliphatic rings. The van der Waals surface area contributed by atoms with E-state index in [1.165, 1.54) is 183 Å². The third-order valence-electron chi connectivity index (χ3n) is 11.9. The Kier molecular flexibility index (Phi) is 27.0. The zero-order valence-electron chi connectivity index (χ0n) is 34.0. The largest absolute Gasteiger partial charge is 0.870 e. The molecular formula is C43H88N2O2. The number of nitrogens with zero attached hydrogens (tertiary/aromatic N) is 2. The highest BCUT2D eigenvalue weighted by atomic mass is 16.0. The van der Waals surface area contributed by atoms with Gasteiger partial charge < -0.3 is 15.4 Å². The van der Waals surface area contributed by atoms with Crippen molar-refractivity contribution in [2.45, 2.75) is 210 Å². The molecule has 0 heterocycles. The minimum absolute atomic E-state index is 0. The summed E-state index contributed by atoms with van der Waals surface area (Å²) in [4.78, 5) is 0. The molecule has 0 amide bonds. The number of quaternary nitrogens is 2. The summed E-state index contributed by atoms with van der Waals surface area (Å²) in [5, 5.41) is 0. The SMILES string of the molecule is CCCCCCCCCCCCCCCCC1=CC(C)([N+](CCC)(CCC)CCC)C(C)(C)C([N+](CCC)(CCC)CCC)=C1.[OH-].[OH-]. The summed E-state index contributed by atoms with van der Waals surface area (Å²) in [6.45, 7) is 32.6. The summed E-state index contributed by atoms with van der Waals surface area (Å²) in [5.41, 5.74) is 3.67. The number of rotatable bonds is 29. The topological polar surface area (TPSA) is 60.0 Å². The molecule has 4 nitrogen and oxygen atoms in total. The molecule has 282 valence electrons. The molecule has 0 aromatic rings. The van der Waals surface area contributed by atoms with E-state index in [1.807, 2.05) is 0 Å². The maximum absolute atomic E-state index is 2.85. The Morgan fingerprint density at radius 2 is 0.787 bits per heavy atom. The molecule has 0 fully saturated rings. The number of hydrogen-bond donors (Lipinski definition) is 0. The van der Waals surface area contributed by atoms with Crippen molar-refractivity contribution in [1.29, 1.82) is 0 Å². The Hall–Kier alpha value is -0.680. The van der Waals surface area contributed by atoms with Gasteiger partial charge in [-0.15, -0.1) is 0 Å². The quantitative estimate of drug-likeness (QED) is 0.0590. The highest BCUT2D eigenvalue weighted by Crippen LogP contribution is 2.54. The lowest BCUT2D eigenvalue weighted by molar-refractivity contribution is -0.980. The van der Waals surface area contributed by atoms with Crippen molar-refractivity contribution in [2.24, 2.45) is 5.41 Å². The molecule has 4 heteroatoms. The molecule has 0 aromatic carbocycles. The van der Waals surface area contributed by atoms with Crippen LogP contribution in [0.15, 0.2) is 23.4 Å². The van der Waals surface area contributed by atoms with Gasteiger partial charge >= 0.3 is 0 Å². The summed E-state index contributed by atoms with van der Waals surface area (Å²) < 4.78 is 2.47. The molecule has 0 aliphatic heterocycles. The fraction of sp³-hybridized carbons (Fsp3) is 0.907. The van der Waals surface area contributed by atoms with Gasteiger partial charge in [-0.25, -0.2) is 0 Å². The van der Waals surface area contributed by atoms with Crippen LogP contribution in [0.2, 0.25) is 0 Å². The third-order valence-corrected chi connectivity index (χ3v) is 11.9. The van der Waals surface area contributed by atoms with Gasteiger partial charge in [0.1, 0.15) is 11.2 Å². The summed E-state index contributed by atoms with van der Waals surface area (Å²) in [7, 11) is 0. The summed E-state index contributed by atoms with van der Waals surface area (Å²) in [6, 6.07) is 0. The van der Waals surface area contributed by atoms with Gasteiger partial charge in [-0.05, 0) is 89.9 Å². The fourth-order valence-electron chi connectivity index (χ4n) is 9.62. The molecule has 1 rings (SSSR count). The highest BCUT2D eigenvalue weighted by Gasteiger charge is 2.61. The Labute approximate surface area is 297 Å². The van der Waals surface area contributed by atoms with E-state index in [2.05, 4.69) is 81.4 Å². The maximum Gasteiger partial charge on any atom is 0.130 e. The second-order valence-corrected chi connectivity index (χ2v) is 16.0. The van der Waals surface area contributed by atoms with Crippen molar-refractivity contribution in [3.05, 3.63) is 23.4 Å². The minimum atomic E-state index is 0. The first kappa shape index (κ1) is 48.4. The predicted octanol–water partition coefficient (Wildman–Crippen LogP) is 13.2. The molecular weight excluding hydrogens is 576 g/mol. The molecule has 0 aromatic heterocycles. The summed E-state index contributed by atoms with van der Waals surface area (Å²) in [6.07, 6.45) is 34.6. The zero-order chi connectivity index (χ0) is 33.7. The van der Waals surface area contributed by atoms with Crippen molar-refractivity contribution in [3.8, 4) is 0 Å². The van der Waals surface area contributed by atoms with Crippen LogP contribution in [0, 0.1) is 5.41 Å². The first-order valence-electron chi connectivity index (χ1n) is 20.8. The average molecular weight is 665 g/mol. The predicted molar refractivity (Wildman–Crippen MR) is 209 cm³/mol. The number of allylic oxidation sites excluding steroid dienone is 2. The monoisotopic (exact) mass is 665 g/mol. The van der Waals surface area contributed by atoms with Gasteiger partial charge in [-0.1, -0.05) is 132 Å². The molecule has 0 bridgehead atoms. The van der Waals surface area contributed by atoms with Gasteiger partial charge in [0.25, 0.3) is 0 Å². The molecule has 0 saturated heterocycles. The Bertz CT molecular complexity index is 783. The van der Waals surface area contributed by atoms with Crippen LogP contribution in [0.5, 0.6) is 0 Å². The van der Waals surface area contributed by atoms with Gasteiger partial charge in [0.2, 0.25) is 0 Å². The normalized spacial score (nSPS) is 17.9. The molecule has 1 unspecified atom stereocenters. The molecule has 1 atom stereocenters. The Morgan fingerprint density at radius 3 is 1.13 bits per heavy atom. The second kappa shape index (κ2) is 26.2. The van der Waals surface area contributed by atoms with Crippen molar-refractivity contribution in [1.82, 2.24) is 0 Å².